The number of aromatic amines is 1. The Kier molecular flexibility index (Phi) is 5.50. The van der Waals surface area contributed by atoms with Crippen LogP contribution in [0.25, 0.3) is 0 Å². The van der Waals surface area contributed by atoms with Crippen LogP contribution in [0.15, 0.2) is 36.7 Å². The van der Waals surface area contributed by atoms with Crippen LogP contribution in [0, 0.1) is 6.92 Å². The second-order valence-corrected chi connectivity index (χ2v) is 8.61. The topological polar surface area (TPSA) is 108 Å². The van der Waals surface area contributed by atoms with Crippen LogP contribution in [0.2, 0.25) is 0 Å². The number of amides is 1. The van der Waals surface area contributed by atoms with E-state index in [0.717, 1.165) is 23.4 Å². The maximum Gasteiger partial charge on any atom is 0.410 e. The second kappa shape index (κ2) is 8.25. The Balaban J connectivity index is 1.45. The molecule has 0 aliphatic carbocycles. The van der Waals surface area contributed by atoms with Crippen molar-refractivity contribution >= 4 is 29.2 Å². The molecular weight excluding hydrogens is 394 g/mol. The summed E-state index contributed by atoms with van der Waals surface area (Å²) in [5, 5.41) is 13.4. The van der Waals surface area contributed by atoms with Crippen molar-refractivity contribution in [3.63, 3.8) is 0 Å². The average molecular weight is 422 g/mol. The Morgan fingerprint density at radius 3 is 2.58 bits per heavy atom. The monoisotopic (exact) mass is 421 g/mol. The van der Waals surface area contributed by atoms with Crippen molar-refractivity contribution in [3.05, 3.63) is 53.5 Å². The van der Waals surface area contributed by atoms with Gasteiger partial charge < -0.3 is 20.3 Å². The molecule has 3 heterocycles. The summed E-state index contributed by atoms with van der Waals surface area (Å²) < 4.78 is 5.52. The SMILES string of the molecule is Cc1cc(Nc2cncc(Nc3ccc4c(c3)CN(C(=O)OC(C)(C)C)CC4)n2)n[nH]1. The molecule has 4 rings (SSSR count). The van der Waals surface area contributed by atoms with E-state index >= 15 is 0 Å². The predicted molar refractivity (Wildman–Crippen MR) is 119 cm³/mol. The molecule has 0 spiro atoms. The number of aryl methyl sites for hydroxylation is 1. The third kappa shape index (κ3) is 5.30. The van der Waals surface area contributed by atoms with Crippen molar-refractivity contribution in [2.75, 3.05) is 17.2 Å². The number of nitrogens with zero attached hydrogens (tertiary/aromatic N) is 4. The van der Waals surface area contributed by atoms with E-state index in [-0.39, 0.29) is 6.09 Å². The Labute approximate surface area is 181 Å². The van der Waals surface area contributed by atoms with Crippen molar-refractivity contribution < 1.29 is 9.53 Å². The van der Waals surface area contributed by atoms with Crippen molar-refractivity contribution in [1.82, 2.24) is 25.1 Å². The van der Waals surface area contributed by atoms with E-state index in [1.54, 1.807) is 17.3 Å². The number of hydrogen-bond donors (Lipinski definition) is 3. The van der Waals surface area contributed by atoms with Gasteiger partial charge in [0, 0.05) is 30.5 Å². The van der Waals surface area contributed by atoms with Crippen LogP contribution < -0.4 is 10.6 Å². The van der Waals surface area contributed by atoms with Gasteiger partial charge >= 0.3 is 6.09 Å². The summed E-state index contributed by atoms with van der Waals surface area (Å²) in [4.78, 5) is 23.0. The minimum absolute atomic E-state index is 0.283. The number of aromatic nitrogens is 4. The van der Waals surface area contributed by atoms with Gasteiger partial charge in [-0.05, 0) is 57.4 Å². The first kappa shape index (κ1) is 20.6. The first-order chi connectivity index (χ1) is 14.7. The van der Waals surface area contributed by atoms with Crippen LogP contribution in [0.1, 0.15) is 37.6 Å². The second-order valence-electron chi connectivity index (χ2n) is 8.61. The number of hydrogen-bond acceptors (Lipinski definition) is 7. The molecule has 0 bridgehead atoms. The van der Waals surface area contributed by atoms with E-state index in [1.165, 1.54) is 5.56 Å². The molecule has 1 aromatic carbocycles. The lowest BCUT2D eigenvalue weighted by Crippen LogP contribution is -2.39. The van der Waals surface area contributed by atoms with E-state index in [9.17, 15) is 4.79 Å². The summed E-state index contributed by atoms with van der Waals surface area (Å²) in [6.45, 7) is 8.74. The molecule has 0 fully saturated rings. The number of fused-ring (bicyclic) bond motifs is 1. The molecular formula is C22H27N7O2. The highest BCUT2D eigenvalue weighted by Gasteiger charge is 2.25. The molecule has 1 aliphatic rings. The Morgan fingerprint density at radius 1 is 1.10 bits per heavy atom. The maximum atomic E-state index is 12.4. The van der Waals surface area contributed by atoms with E-state index < -0.39 is 5.60 Å². The Hall–Kier alpha value is -3.62. The maximum absolute atomic E-state index is 12.4. The van der Waals surface area contributed by atoms with Crippen LogP contribution in [-0.4, -0.2) is 43.3 Å². The summed E-state index contributed by atoms with van der Waals surface area (Å²) in [5.41, 5.74) is 3.66. The fourth-order valence-electron chi connectivity index (χ4n) is 3.36. The minimum atomic E-state index is -0.507. The van der Waals surface area contributed by atoms with Crippen LogP contribution in [0.3, 0.4) is 0 Å². The highest BCUT2D eigenvalue weighted by molar-refractivity contribution is 5.69. The summed E-state index contributed by atoms with van der Waals surface area (Å²) in [5.74, 6) is 1.88. The first-order valence-electron chi connectivity index (χ1n) is 10.2. The zero-order valence-corrected chi connectivity index (χ0v) is 18.2. The molecule has 1 aliphatic heterocycles. The number of rotatable bonds is 4. The molecule has 162 valence electrons. The summed E-state index contributed by atoms with van der Waals surface area (Å²) >= 11 is 0. The largest absolute Gasteiger partial charge is 0.444 e. The molecule has 0 atom stereocenters. The number of carbonyl (C=O) groups is 1. The summed E-state index contributed by atoms with van der Waals surface area (Å²) in [6.07, 6.45) is 3.82. The highest BCUT2D eigenvalue weighted by atomic mass is 16.6. The van der Waals surface area contributed by atoms with Crippen LogP contribution in [0.4, 0.5) is 27.9 Å². The lowest BCUT2D eigenvalue weighted by molar-refractivity contribution is 0.0224. The van der Waals surface area contributed by atoms with E-state index in [2.05, 4.69) is 36.9 Å². The zero-order valence-electron chi connectivity index (χ0n) is 18.2. The number of H-pyrrole nitrogens is 1. The van der Waals surface area contributed by atoms with Gasteiger partial charge in [0.25, 0.3) is 0 Å². The summed E-state index contributed by atoms with van der Waals surface area (Å²) in [6, 6.07) is 8.04. The molecule has 0 saturated heterocycles. The van der Waals surface area contributed by atoms with Crippen molar-refractivity contribution in [2.24, 2.45) is 0 Å². The molecule has 3 N–H and O–H groups in total. The fraction of sp³-hybridized carbons (Fsp3) is 0.364. The first-order valence-corrected chi connectivity index (χ1v) is 10.2. The molecule has 9 heteroatoms. The summed E-state index contributed by atoms with van der Waals surface area (Å²) in [7, 11) is 0. The van der Waals surface area contributed by atoms with Gasteiger partial charge in [0.15, 0.2) is 17.5 Å². The molecule has 31 heavy (non-hydrogen) atoms. The van der Waals surface area contributed by atoms with E-state index in [1.807, 2.05) is 45.9 Å². The number of benzene rings is 1. The molecule has 9 nitrogen and oxygen atoms in total. The molecule has 3 aromatic rings. The van der Waals surface area contributed by atoms with Crippen LogP contribution in [-0.2, 0) is 17.7 Å². The van der Waals surface area contributed by atoms with Gasteiger partial charge in [-0.1, -0.05) is 6.07 Å². The lowest BCUT2D eigenvalue weighted by Gasteiger charge is -2.31. The zero-order chi connectivity index (χ0) is 22.0. The molecule has 0 unspecified atom stereocenters. The van der Waals surface area contributed by atoms with Crippen LogP contribution >= 0.6 is 0 Å². The van der Waals surface area contributed by atoms with E-state index in [4.69, 9.17) is 4.74 Å². The van der Waals surface area contributed by atoms with Gasteiger partial charge in [-0.25, -0.2) is 9.78 Å². The van der Waals surface area contributed by atoms with Crippen molar-refractivity contribution in [2.45, 2.75) is 46.3 Å². The van der Waals surface area contributed by atoms with Gasteiger partial charge in [-0.15, -0.1) is 0 Å². The number of carbonyl (C=O) groups excluding carboxylic acids is 1. The number of anilines is 4. The average Bonchev–Trinajstić information content (AvgIpc) is 3.11. The predicted octanol–water partition coefficient (Wildman–Crippen LogP) is 4.29. The van der Waals surface area contributed by atoms with Gasteiger partial charge in [0.1, 0.15) is 5.60 Å². The van der Waals surface area contributed by atoms with Gasteiger partial charge in [0.05, 0.1) is 12.4 Å². The Bertz CT molecular complexity index is 1090. The van der Waals surface area contributed by atoms with E-state index in [0.29, 0.717) is 30.5 Å². The smallest absolute Gasteiger partial charge is 0.410 e. The quantitative estimate of drug-likeness (QED) is 0.577. The van der Waals surface area contributed by atoms with Gasteiger partial charge in [-0.2, -0.15) is 5.10 Å². The fourth-order valence-corrected chi connectivity index (χ4v) is 3.36. The van der Waals surface area contributed by atoms with Crippen molar-refractivity contribution in [3.8, 4) is 0 Å². The molecule has 0 radical (unpaired) electrons. The number of ether oxygens (including phenoxy) is 1. The van der Waals surface area contributed by atoms with Crippen LogP contribution in [0.5, 0.6) is 0 Å². The normalized spacial score (nSPS) is 13.5. The number of nitrogens with one attached hydrogen (secondary N) is 3. The standard InChI is InChI=1S/C22H27N7O2/c1-14-9-18(28-27-14)25-20-12-23-11-19(26-20)24-17-6-5-15-7-8-29(13-16(15)10-17)21(30)31-22(2,3)4/h5-6,9-12H,7-8,13H2,1-4H3,(H3,24,25,26,27,28). The van der Waals surface area contributed by atoms with Gasteiger partial charge in [0.2, 0.25) is 0 Å². The van der Waals surface area contributed by atoms with Gasteiger partial charge in [-0.3, -0.25) is 10.1 Å². The molecule has 0 saturated carbocycles. The third-order valence-corrected chi connectivity index (χ3v) is 4.74. The van der Waals surface area contributed by atoms with Crippen molar-refractivity contribution in [1.29, 1.82) is 0 Å². The highest BCUT2D eigenvalue weighted by Crippen LogP contribution is 2.26. The molecule has 2 aromatic heterocycles. The Morgan fingerprint density at radius 2 is 1.87 bits per heavy atom. The lowest BCUT2D eigenvalue weighted by atomic mass is 9.99. The molecule has 1 amide bonds. The third-order valence-electron chi connectivity index (χ3n) is 4.74. The minimum Gasteiger partial charge on any atom is -0.444 e.